The van der Waals surface area contributed by atoms with E-state index in [-0.39, 0.29) is 5.91 Å². The summed E-state index contributed by atoms with van der Waals surface area (Å²) in [5, 5.41) is 2.91. The third kappa shape index (κ3) is 6.21. The van der Waals surface area contributed by atoms with Crippen molar-refractivity contribution in [1.29, 1.82) is 0 Å². The summed E-state index contributed by atoms with van der Waals surface area (Å²) in [6.07, 6.45) is 1.02. The molecule has 5 nitrogen and oxygen atoms in total. The van der Waals surface area contributed by atoms with Crippen molar-refractivity contribution in [1.82, 2.24) is 15.2 Å². The van der Waals surface area contributed by atoms with Crippen molar-refractivity contribution < 1.29 is 9.21 Å². The van der Waals surface area contributed by atoms with E-state index in [4.69, 9.17) is 4.42 Å². The minimum atomic E-state index is 0.0587. The Bertz CT molecular complexity index is 680. The summed E-state index contributed by atoms with van der Waals surface area (Å²) in [7, 11) is 3.98. The molecule has 0 aliphatic rings. The average Bonchev–Trinajstić information content (AvgIpc) is 2.95. The van der Waals surface area contributed by atoms with Crippen LogP contribution in [0.25, 0.3) is 11.5 Å². The molecule has 0 atom stereocenters. The number of benzene rings is 1. The molecule has 136 valence electrons. The Morgan fingerprint density at radius 1 is 1.28 bits per heavy atom. The largest absolute Gasteiger partial charge is 0.441 e. The number of rotatable bonds is 9. The smallest absolute Gasteiger partial charge is 0.230 e. The van der Waals surface area contributed by atoms with Crippen LogP contribution in [-0.4, -0.2) is 48.7 Å². The normalized spacial score (nSPS) is 11.1. The molecule has 1 aromatic heterocycles. The number of nitrogens with zero attached hydrogens (tertiary/aromatic N) is 2. The summed E-state index contributed by atoms with van der Waals surface area (Å²) in [5.74, 6) is 2.62. The number of likely N-dealkylation sites (N-methyl/N-ethyl adjacent to an activating group) is 1. The van der Waals surface area contributed by atoms with Gasteiger partial charge in [0.2, 0.25) is 11.8 Å². The number of hydrogen-bond donors (Lipinski definition) is 1. The van der Waals surface area contributed by atoms with Crippen molar-refractivity contribution in [2.45, 2.75) is 26.0 Å². The first-order valence-electron chi connectivity index (χ1n) is 8.54. The van der Waals surface area contributed by atoms with E-state index in [1.807, 2.05) is 38.1 Å². The van der Waals surface area contributed by atoms with Crippen molar-refractivity contribution in [3.05, 3.63) is 41.3 Å². The molecule has 0 radical (unpaired) electrons. The number of hydrogen-bond acceptors (Lipinski definition) is 5. The molecule has 0 aliphatic heterocycles. The van der Waals surface area contributed by atoms with E-state index in [1.54, 1.807) is 11.8 Å². The Morgan fingerprint density at radius 2 is 2.00 bits per heavy atom. The van der Waals surface area contributed by atoms with Gasteiger partial charge in [0.25, 0.3) is 0 Å². The van der Waals surface area contributed by atoms with Gasteiger partial charge in [0, 0.05) is 24.4 Å². The zero-order valence-electron chi connectivity index (χ0n) is 15.5. The monoisotopic (exact) mass is 361 g/mol. The third-order valence-corrected chi connectivity index (χ3v) is 4.80. The molecular formula is C19H27N3O2S. The Hall–Kier alpha value is -1.79. The van der Waals surface area contributed by atoms with Crippen LogP contribution in [0.4, 0.5) is 0 Å². The lowest BCUT2D eigenvalue weighted by Crippen LogP contribution is -2.32. The van der Waals surface area contributed by atoms with Crippen molar-refractivity contribution in [2.24, 2.45) is 0 Å². The molecule has 25 heavy (non-hydrogen) atoms. The number of aromatic nitrogens is 1. The number of carbonyl (C=O) groups is 1. The minimum absolute atomic E-state index is 0.0587. The average molecular weight is 362 g/mol. The van der Waals surface area contributed by atoms with Gasteiger partial charge in [-0.2, -0.15) is 0 Å². The van der Waals surface area contributed by atoms with Gasteiger partial charge < -0.3 is 14.6 Å². The number of carbonyl (C=O) groups excluding carboxylic acids is 1. The van der Waals surface area contributed by atoms with Gasteiger partial charge in [0.05, 0.1) is 11.4 Å². The molecule has 1 amide bonds. The zero-order valence-corrected chi connectivity index (χ0v) is 16.3. The van der Waals surface area contributed by atoms with Gasteiger partial charge in [-0.25, -0.2) is 4.98 Å². The van der Waals surface area contributed by atoms with Crippen molar-refractivity contribution in [3.8, 4) is 11.5 Å². The van der Waals surface area contributed by atoms with Crippen molar-refractivity contribution >= 4 is 17.7 Å². The van der Waals surface area contributed by atoms with E-state index in [1.165, 1.54) is 5.56 Å². The van der Waals surface area contributed by atoms with Crippen molar-refractivity contribution in [2.75, 3.05) is 32.9 Å². The second-order valence-electron chi connectivity index (χ2n) is 6.22. The maximum Gasteiger partial charge on any atom is 0.230 e. The summed E-state index contributed by atoms with van der Waals surface area (Å²) in [5.41, 5.74) is 3.18. The van der Waals surface area contributed by atoms with Crippen LogP contribution < -0.4 is 5.32 Å². The SMILES string of the molecule is CCc1ccc(-c2nc(CSCC(=O)NCCN(C)C)c(C)o2)cc1. The maximum absolute atomic E-state index is 11.8. The first-order chi connectivity index (χ1) is 12.0. The molecule has 0 spiro atoms. The lowest BCUT2D eigenvalue weighted by molar-refractivity contribution is -0.118. The summed E-state index contributed by atoms with van der Waals surface area (Å²) < 4.78 is 5.79. The van der Waals surface area contributed by atoms with Crippen LogP contribution >= 0.6 is 11.8 Å². The molecule has 0 saturated carbocycles. The molecule has 2 aromatic rings. The van der Waals surface area contributed by atoms with Gasteiger partial charge in [-0.1, -0.05) is 19.1 Å². The molecule has 0 saturated heterocycles. The molecule has 0 fully saturated rings. The molecule has 2 rings (SSSR count). The number of amides is 1. The quantitative estimate of drug-likeness (QED) is 0.744. The Morgan fingerprint density at radius 3 is 2.64 bits per heavy atom. The zero-order chi connectivity index (χ0) is 18.2. The highest BCUT2D eigenvalue weighted by Gasteiger charge is 2.12. The van der Waals surface area contributed by atoms with Crippen LogP contribution in [-0.2, 0) is 17.0 Å². The van der Waals surface area contributed by atoms with Crippen LogP contribution in [0.1, 0.15) is 23.9 Å². The molecule has 6 heteroatoms. The molecule has 0 unspecified atom stereocenters. The predicted molar refractivity (Wildman–Crippen MR) is 104 cm³/mol. The highest BCUT2D eigenvalue weighted by atomic mass is 32.2. The molecule has 1 aromatic carbocycles. The van der Waals surface area contributed by atoms with Gasteiger partial charge in [0.1, 0.15) is 5.76 Å². The Kier molecular flexibility index (Phi) is 7.52. The number of oxazole rings is 1. The van der Waals surface area contributed by atoms with Crippen LogP contribution in [0.15, 0.2) is 28.7 Å². The third-order valence-electron chi connectivity index (χ3n) is 3.85. The molecule has 0 aliphatic carbocycles. The minimum Gasteiger partial charge on any atom is -0.441 e. The molecule has 1 N–H and O–H groups in total. The fraction of sp³-hybridized carbons (Fsp3) is 0.474. The van der Waals surface area contributed by atoms with E-state index < -0.39 is 0 Å². The summed E-state index contributed by atoms with van der Waals surface area (Å²) in [4.78, 5) is 18.4. The van der Waals surface area contributed by atoms with Crippen LogP contribution in [0.3, 0.4) is 0 Å². The highest BCUT2D eigenvalue weighted by molar-refractivity contribution is 7.99. The highest BCUT2D eigenvalue weighted by Crippen LogP contribution is 2.24. The fourth-order valence-corrected chi connectivity index (χ4v) is 3.13. The fourth-order valence-electron chi connectivity index (χ4n) is 2.28. The number of thioether (sulfide) groups is 1. The lowest BCUT2D eigenvalue weighted by Gasteiger charge is -2.10. The van der Waals surface area contributed by atoms with E-state index in [0.29, 0.717) is 23.9 Å². The predicted octanol–water partition coefficient (Wildman–Crippen LogP) is 3.12. The van der Waals surface area contributed by atoms with Crippen LogP contribution in [0, 0.1) is 6.92 Å². The standard InChI is InChI=1S/C19H27N3O2S/c1-5-15-6-8-16(9-7-15)19-21-17(14(2)24-19)12-25-13-18(23)20-10-11-22(3)4/h6-9H,5,10-13H2,1-4H3,(H,20,23). The maximum atomic E-state index is 11.8. The molecule has 0 bridgehead atoms. The van der Waals surface area contributed by atoms with E-state index in [2.05, 4.69) is 29.4 Å². The van der Waals surface area contributed by atoms with Crippen LogP contribution in [0.5, 0.6) is 0 Å². The van der Waals surface area contributed by atoms with Crippen molar-refractivity contribution in [3.63, 3.8) is 0 Å². The summed E-state index contributed by atoms with van der Waals surface area (Å²) >= 11 is 1.55. The second-order valence-corrected chi connectivity index (χ2v) is 7.20. The van der Waals surface area contributed by atoms with Gasteiger partial charge in [-0.15, -0.1) is 11.8 Å². The van der Waals surface area contributed by atoms with Gasteiger partial charge in [-0.05, 0) is 45.1 Å². The summed E-state index contributed by atoms with van der Waals surface area (Å²) in [6.45, 7) is 5.58. The first-order valence-corrected chi connectivity index (χ1v) is 9.69. The molecular weight excluding hydrogens is 334 g/mol. The Balaban J connectivity index is 1.84. The van der Waals surface area contributed by atoms with E-state index in [0.717, 1.165) is 30.0 Å². The van der Waals surface area contributed by atoms with E-state index >= 15 is 0 Å². The van der Waals surface area contributed by atoms with Crippen LogP contribution in [0.2, 0.25) is 0 Å². The van der Waals surface area contributed by atoms with Gasteiger partial charge in [-0.3, -0.25) is 4.79 Å². The Labute approximate surface area is 154 Å². The van der Waals surface area contributed by atoms with E-state index in [9.17, 15) is 4.79 Å². The molecule has 1 heterocycles. The second kappa shape index (κ2) is 9.63. The number of nitrogens with one attached hydrogen (secondary N) is 1. The lowest BCUT2D eigenvalue weighted by atomic mass is 10.1. The van der Waals surface area contributed by atoms with Gasteiger partial charge in [0.15, 0.2) is 0 Å². The first kappa shape index (κ1) is 19.5. The number of aryl methyl sites for hydroxylation is 2. The summed E-state index contributed by atoms with van der Waals surface area (Å²) in [6, 6.07) is 8.28. The topological polar surface area (TPSA) is 58.4 Å². The van der Waals surface area contributed by atoms with Gasteiger partial charge >= 0.3 is 0 Å².